The lowest BCUT2D eigenvalue weighted by Crippen LogP contribution is -2.23. The van der Waals surface area contributed by atoms with Gasteiger partial charge >= 0.3 is 0 Å². The molecule has 0 fully saturated rings. The molecule has 0 aliphatic rings. The van der Waals surface area contributed by atoms with Crippen LogP contribution in [0, 0.1) is 0 Å². The van der Waals surface area contributed by atoms with E-state index in [0.29, 0.717) is 13.0 Å². The van der Waals surface area contributed by atoms with E-state index < -0.39 is 12.8 Å². The summed E-state index contributed by atoms with van der Waals surface area (Å²) in [6.07, 6.45) is 4.27. The summed E-state index contributed by atoms with van der Waals surface area (Å²) in [5, 5.41) is 2.71. The molecule has 0 aromatic rings. The molecule has 0 bridgehead atoms. The first-order valence-electron chi connectivity index (χ1n) is 6.91. The quantitative estimate of drug-likeness (QED) is 0.570. The third-order valence-electron chi connectivity index (χ3n) is 2.07. The van der Waals surface area contributed by atoms with E-state index in [0.717, 1.165) is 32.1 Å². The van der Waals surface area contributed by atoms with Crippen molar-refractivity contribution in [2.24, 2.45) is 0 Å². The van der Waals surface area contributed by atoms with Crippen LogP contribution in [0.3, 0.4) is 0 Å². The number of hydrogen-bond acceptors (Lipinski definition) is 1. The lowest BCUT2D eigenvalue weighted by Gasteiger charge is -2.03. The molecular weight excluding hydrogens is 174 g/mol. The number of carbonyl (C=O) groups excluding carboxylic acids is 1. The number of hydrogen-bond donors (Lipinski definition) is 1. The molecule has 84 valence electrons. The van der Waals surface area contributed by atoms with E-state index >= 15 is 0 Å². The molecular formula is C12H25NO. The summed E-state index contributed by atoms with van der Waals surface area (Å²) in [4.78, 5) is 11.5. The Morgan fingerprint density at radius 1 is 1.14 bits per heavy atom. The molecule has 0 spiro atoms. The predicted molar refractivity (Wildman–Crippen MR) is 61.3 cm³/mol. The van der Waals surface area contributed by atoms with E-state index in [1.807, 2.05) is 0 Å². The fourth-order valence-electron chi connectivity index (χ4n) is 1.15. The van der Waals surface area contributed by atoms with Gasteiger partial charge in [0.05, 0.1) is 0 Å². The Kier molecular flexibility index (Phi) is 7.54. The zero-order valence-corrected chi connectivity index (χ0v) is 9.51. The fraction of sp³-hybridized carbons (Fsp3) is 0.917. The summed E-state index contributed by atoms with van der Waals surface area (Å²) in [6.45, 7) is 4.79. The summed E-state index contributed by atoms with van der Waals surface area (Å²) in [5.41, 5.74) is 0. The largest absolute Gasteiger partial charge is 0.356 e. The van der Waals surface area contributed by atoms with Crippen LogP contribution < -0.4 is 5.32 Å². The summed E-state index contributed by atoms with van der Waals surface area (Å²) >= 11 is 0. The Bertz CT molecular complexity index is 188. The fourth-order valence-corrected chi connectivity index (χ4v) is 1.15. The van der Waals surface area contributed by atoms with Crippen LogP contribution in [-0.4, -0.2) is 12.5 Å². The van der Waals surface area contributed by atoms with Crippen molar-refractivity contribution in [1.29, 1.82) is 0 Å². The third kappa shape index (κ3) is 9.56. The topological polar surface area (TPSA) is 29.1 Å². The van der Waals surface area contributed by atoms with Crippen molar-refractivity contribution in [1.82, 2.24) is 5.32 Å². The maximum Gasteiger partial charge on any atom is 0.219 e. The van der Waals surface area contributed by atoms with Crippen LogP contribution in [0.4, 0.5) is 0 Å². The molecule has 0 aliphatic heterocycles. The van der Waals surface area contributed by atoms with Crippen molar-refractivity contribution in [3.05, 3.63) is 0 Å². The maximum absolute atomic E-state index is 11.5. The van der Waals surface area contributed by atoms with Gasteiger partial charge in [-0.3, -0.25) is 4.79 Å². The van der Waals surface area contributed by atoms with E-state index in [9.17, 15) is 4.79 Å². The van der Waals surface area contributed by atoms with Crippen LogP contribution in [0.15, 0.2) is 0 Å². The van der Waals surface area contributed by atoms with Crippen LogP contribution in [0.5, 0.6) is 0 Å². The second-order valence-electron chi connectivity index (χ2n) is 3.54. The number of rotatable bonds is 9. The summed E-state index contributed by atoms with van der Waals surface area (Å²) < 4.78 is 15.4. The standard InChI is InChI=1S/C12H25NO/c1-3-5-7-8-9-10-12(14)13-11-6-4-2/h3-11H2,1-2H3,(H,13,14)/i9D,10D. The van der Waals surface area contributed by atoms with Gasteiger partial charge < -0.3 is 5.32 Å². The highest BCUT2D eigenvalue weighted by Gasteiger charge is 1.99. The third-order valence-corrected chi connectivity index (χ3v) is 2.07. The van der Waals surface area contributed by atoms with Gasteiger partial charge in [0.15, 0.2) is 0 Å². The number of nitrogens with one attached hydrogen (secondary N) is 1. The van der Waals surface area contributed by atoms with Crippen molar-refractivity contribution in [2.45, 2.75) is 65.2 Å². The van der Waals surface area contributed by atoms with Crippen LogP contribution in [0.2, 0.25) is 0 Å². The first-order valence-corrected chi connectivity index (χ1v) is 5.75. The van der Waals surface area contributed by atoms with E-state index in [4.69, 9.17) is 2.74 Å². The zero-order valence-electron chi connectivity index (χ0n) is 11.5. The first-order chi connectivity index (χ1) is 7.63. The Morgan fingerprint density at radius 3 is 2.50 bits per heavy atom. The van der Waals surface area contributed by atoms with Gasteiger partial charge in [0.25, 0.3) is 0 Å². The van der Waals surface area contributed by atoms with Crippen LogP contribution >= 0.6 is 0 Å². The van der Waals surface area contributed by atoms with Gasteiger partial charge in [-0.25, -0.2) is 0 Å². The van der Waals surface area contributed by atoms with Crippen molar-refractivity contribution < 1.29 is 7.54 Å². The van der Waals surface area contributed by atoms with Gasteiger partial charge in [0, 0.05) is 15.7 Å². The Labute approximate surface area is 91.3 Å². The van der Waals surface area contributed by atoms with Gasteiger partial charge in [0.2, 0.25) is 5.91 Å². The van der Waals surface area contributed by atoms with Gasteiger partial charge in [-0.2, -0.15) is 0 Å². The molecule has 1 amide bonds. The lowest BCUT2D eigenvalue weighted by atomic mass is 10.1. The summed E-state index contributed by atoms with van der Waals surface area (Å²) in [5.74, 6) is -0.287. The van der Waals surface area contributed by atoms with Crippen molar-refractivity contribution >= 4 is 5.91 Å². The highest BCUT2D eigenvalue weighted by atomic mass is 16.1. The average Bonchev–Trinajstić information content (AvgIpc) is 2.28. The minimum absolute atomic E-state index is 0.287. The number of carbonyl (C=O) groups is 1. The Balaban J connectivity index is 3.73. The van der Waals surface area contributed by atoms with Crippen LogP contribution in [0.1, 0.15) is 67.9 Å². The summed E-state index contributed by atoms with van der Waals surface area (Å²) in [7, 11) is 0. The Hall–Kier alpha value is -0.530. The van der Waals surface area contributed by atoms with E-state index in [1.165, 1.54) is 0 Å². The second kappa shape index (κ2) is 10.6. The van der Waals surface area contributed by atoms with Gasteiger partial charge in [-0.1, -0.05) is 46.0 Å². The maximum atomic E-state index is 11.5. The second-order valence-corrected chi connectivity index (χ2v) is 3.54. The normalized spacial score (nSPS) is 16.7. The highest BCUT2D eigenvalue weighted by molar-refractivity contribution is 5.75. The molecule has 0 aliphatic carbocycles. The number of amides is 1. The first kappa shape index (κ1) is 10.0. The van der Waals surface area contributed by atoms with Gasteiger partial charge in [-0.05, 0) is 12.8 Å². The molecule has 0 aromatic carbocycles. The zero-order chi connectivity index (χ0) is 12.4. The minimum atomic E-state index is -0.922. The molecule has 2 atom stereocenters. The molecule has 0 saturated carbocycles. The molecule has 1 N–H and O–H groups in total. The van der Waals surface area contributed by atoms with Crippen LogP contribution in [-0.2, 0) is 4.79 Å². The van der Waals surface area contributed by atoms with Crippen molar-refractivity contribution in [3.8, 4) is 0 Å². The van der Waals surface area contributed by atoms with Gasteiger partial charge in [0.1, 0.15) is 0 Å². The molecule has 0 rings (SSSR count). The smallest absolute Gasteiger partial charge is 0.219 e. The molecule has 0 heterocycles. The summed E-state index contributed by atoms with van der Waals surface area (Å²) in [6, 6.07) is 0. The number of unbranched alkanes of at least 4 members (excludes halogenated alkanes) is 3. The lowest BCUT2D eigenvalue weighted by molar-refractivity contribution is -0.121. The minimum Gasteiger partial charge on any atom is -0.356 e. The van der Waals surface area contributed by atoms with E-state index in [2.05, 4.69) is 19.2 Å². The van der Waals surface area contributed by atoms with Crippen molar-refractivity contribution in [3.63, 3.8) is 0 Å². The molecule has 14 heavy (non-hydrogen) atoms. The molecule has 0 radical (unpaired) electrons. The monoisotopic (exact) mass is 201 g/mol. The van der Waals surface area contributed by atoms with E-state index in [1.54, 1.807) is 0 Å². The van der Waals surface area contributed by atoms with Gasteiger partial charge in [-0.15, -0.1) is 0 Å². The molecule has 0 aromatic heterocycles. The SMILES string of the molecule is [2H]C(CCCCC)C([2H])C(=O)NCCCC. The average molecular weight is 201 g/mol. The highest BCUT2D eigenvalue weighted by Crippen LogP contribution is 2.04. The molecule has 2 nitrogen and oxygen atoms in total. The molecule has 2 heteroatoms. The van der Waals surface area contributed by atoms with E-state index in [-0.39, 0.29) is 5.91 Å². The Morgan fingerprint density at radius 2 is 1.86 bits per heavy atom. The predicted octanol–water partition coefficient (Wildman–Crippen LogP) is 3.26. The van der Waals surface area contributed by atoms with Crippen molar-refractivity contribution in [2.75, 3.05) is 6.54 Å². The molecule has 0 saturated heterocycles. The van der Waals surface area contributed by atoms with Crippen LogP contribution in [0.25, 0.3) is 0 Å². The molecule has 2 unspecified atom stereocenters.